The highest BCUT2D eigenvalue weighted by atomic mass is 16.7. The first-order valence-corrected chi connectivity index (χ1v) is 11.6. The van der Waals surface area contributed by atoms with Crippen LogP contribution in [0.1, 0.15) is 35.9 Å². The summed E-state index contributed by atoms with van der Waals surface area (Å²) < 4.78 is 11.1. The number of allylic oxidation sites excluding steroid dienone is 1. The lowest BCUT2D eigenvalue weighted by Crippen LogP contribution is -2.26. The fraction of sp³-hybridized carbons (Fsp3) is 0.250. The molecule has 0 saturated heterocycles. The van der Waals surface area contributed by atoms with E-state index in [1.165, 1.54) is 5.56 Å². The number of ether oxygens (including phenoxy) is 2. The Hall–Kier alpha value is -3.93. The average molecular weight is 454 g/mol. The molecule has 2 atom stereocenters. The van der Waals surface area contributed by atoms with Crippen LogP contribution >= 0.6 is 0 Å². The summed E-state index contributed by atoms with van der Waals surface area (Å²) >= 11 is 0. The van der Waals surface area contributed by atoms with Crippen molar-refractivity contribution in [1.29, 1.82) is 0 Å². The van der Waals surface area contributed by atoms with E-state index in [-0.39, 0.29) is 24.5 Å². The number of carbonyl (C=O) groups is 1. The topological polar surface area (TPSA) is 62.8 Å². The normalized spacial score (nSPS) is 20.6. The molecule has 0 spiro atoms. The van der Waals surface area contributed by atoms with E-state index in [9.17, 15) is 4.79 Å². The standard InChI is InChI=1S/C28H27N3O3/c1-31(2)20-10-7-17(8-11-20)19-13-23-27(24(32)14-19)28(30-22-6-4-3-5-21(22)29-23)18-9-12-25-26(15-18)34-16-33-25/h3-12,15,19,28-30H,13-14,16H2,1-2H3/t19-,28+/m0/s1. The molecule has 34 heavy (non-hydrogen) atoms. The molecule has 6 rings (SSSR count). The number of rotatable bonds is 3. The van der Waals surface area contributed by atoms with Gasteiger partial charge in [-0.3, -0.25) is 4.79 Å². The zero-order chi connectivity index (χ0) is 23.2. The van der Waals surface area contributed by atoms with Crippen molar-refractivity contribution in [2.75, 3.05) is 36.4 Å². The van der Waals surface area contributed by atoms with Gasteiger partial charge in [-0.1, -0.05) is 30.3 Å². The number of nitrogens with one attached hydrogen (secondary N) is 2. The van der Waals surface area contributed by atoms with Gasteiger partial charge in [0.1, 0.15) is 0 Å². The molecule has 3 aromatic carbocycles. The zero-order valence-electron chi connectivity index (χ0n) is 19.3. The summed E-state index contributed by atoms with van der Waals surface area (Å²) in [6.07, 6.45) is 1.26. The molecule has 6 nitrogen and oxygen atoms in total. The largest absolute Gasteiger partial charge is 0.454 e. The molecule has 1 aliphatic carbocycles. The Morgan fingerprint density at radius 2 is 1.59 bits per heavy atom. The Balaban J connectivity index is 1.41. The summed E-state index contributed by atoms with van der Waals surface area (Å²) in [5.74, 6) is 1.76. The number of hydrogen-bond donors (Lipinski definition) is 2. The van der Waals surface area contributed by atoms with Crippen LogP contribution in [0.25, 0.3) is 0 Å². The maximum atomic E-state index is 13.7. The molecule has 172 valence electrons. The first-order valence-electron chi connectivity index (χ1n) is 11.6. The predicted molar refractivity (Wildman–Crippen MR) is 134 cm³/mol. The SMILES string of the molecule is CN(C)c1ccc([C@@H]2CC(=O)C3=C(C2)Nc2ccccc2N[C@@H]3c2ccc3c(c2)OCO3)cc1. The van der Waals surface area contributed by atoms with Gasteiger partial charge in [-0.25, -0.2) is 0 Å². The number of Topliss-reactive ketones (excluding diaryl/α,β-unsaturated/α-hetero) is 1. The lowest BCUT2D eigenvalue weighted by molar-refractivity contribution is -0.116. The minimum Gasteiger partial charge on any atom is -0.454 e. The Morgan fingerprint density at radius 3 is 2.38 bits per heavy atom. The van der Waals surface area contributed by atoms with Crippen LogP contribution in [-0.2, 0) is 4.79 Å². The average Bonchev–Trinajstić information content (AvgIpc) is 3.24. The molecule has 3 aromatic rings. The number of nitrogens with zero attached hydrogens (tertiary/aromatic N) is 1. The molecule has 0 saturated carbocycles. The summed E-state index contributed by atoms with van der Waals surface area (Å²) in [5.41, 5.74) is 7.07. The molecule has 0 radical (unpaired) electrons. The Morgan fingerprint density at radius 1 is 0.853 bits per heavy atom. The van der Waals surface area contributed by atoms with Crippen LogP contribution in [0.5, 0.6) is 11.5 Å². The van der Waals surface area contributed by atoms with Crippen molar-refractivity contribution in [3.05, 3.63) is 89.1 Å². The molecular formula is C28H27N3O3. The minimum atomic E-state index is -0.273. The molecular weight excluding hydrogens is 426 g/mol. The van der Waals surface area contributed by atoms with Crippen LogP contribution in [0.2, 0.25) is 0 Å². The van der Waals surface area contributed by atoms with Crippen LogP contribution in [0, 0.1) is 0 Å². The molecule has 0 unspecified atom stereocenters. The highest BCUT2D eigenvalue weighted by Crippen LogP contribution is 2.45. The first kappa shape index (κ1) is 20.7. The van der Waals surface area contributed by atoms with E-state index < -0.39 is 0 Å². The smallest absolute Gasteiger partial charge is 0.231 e. The van der Waals surface area contributed by atoms with E-state index in [0.717, 1.165) is 46.1 Å². The van der Waals surface area contributed by atoms with Crippen LogP contribution in [0.3, 0.4) is 0 Å². The van der Waals surface area contributed by atoms with E-state index in [1.54, 1.807) is 0 Å². The van der Waals surface area contributed by atoms with E-state index in [2.05, 4.69) is 45.9 Å². The van der Waals surface area contributed by atoms with Crippen LogP contribution < -0.4 is 25.0 Å². The van der Waals surface area contributed by atoms with Crippen molar-refractivity contribution >= 4 is 22.8 Å². The molecule has 3 aliphatic rings. The second-order valence-electron chi connectivity index (χ2n) is 9.27. The fourth-order valence-corrected chi connectivity index (χ4v) is 5.12. The number of ketones is 1. The highest BCUT2D eigenvalue weighted by molar-refractivity contribution is 6.01. The molecule has 0 aromatic heterocycles. The van der Waals surface area contributed by atoms with E-state index in [1.807, 2.05) is 50.5 Å². The van der Waals surface area contributed by atoms with Gasteiger partial charge in [-0.15, -0.1) is 0 Å². The monoisotopic (exact) mass is 453 g/mol. The maximum Gasteiger partial charge on any atom is 0.231 e. The summed E-state index contributed by atoms with van der Waals surface area (Å²) in [6.45, 7) is 0.225. The minimum absolute atomic E-state index is 0.137. The third kappa shape index (κ3) is 3.55. The van der Waals surface area contributed by atoms with E-state index in [4.69, 9.17) is 9.47 Å². The third-order valence-electron chi connectivity index (χ3n) is 6.92. The van der Waals surface area contributed by atoms with Crippen molar-refractivity contribution in [1.82, 2.24) is 0 Å². The number of fused-ring (bicyclic) bond motifs is 2. The van der Waals surface area contributed by atoms with Crippen molar-refractivity contribution in [2.45, 2.75) is 24.8 Å². The Labute approximate surface area is 199 Å². The van der Waals surface area contributed by atoms with Gasteiger partial charge in [0, 0.05) is 37.5 Å². The number of benzene rings is 3. The predicted octanol–water partition coefficient (Wildman–Crippen LogP) is 5.46. The Kier molecular flexibility index (Phi) is 4.94. The number of carbonyl (C=O) groups excluding carboxylic acids is 1. The molecule has 0 fully saturated rings. The maximum absolute atomic E-state index is 13.7. The number of anilines is 3. The van der Waals surface area contributed by atoms with Gasteiger partial charge in [0.2, 0.25) is 6.79 Å². The quantitative estimate of drug-likeness (QED) is 0.549. The van der Waals surface area contributed by atoms with Crippen molar-refractivity contribution in [2.24, 2.45) is 0 Å². The zero-order valence-corrected chi connectivity index (χ0v) is 19.3. The van der Waals surface area contributed by atoms with Gasteiger partial charge >= 0.3 is 0 Å². The van der Waals surface area contributed by atoms with Gasteiger partial charge in [0.25, 0.3) is 0 Å². The second kappa shape index (κ2) is 8.13. The van der Waals surface area contributed by atoms with Crippen molar-refractivity contribution in [3.63, 3.8) is 0 Å². The van der Waals surface area contributed by atoms with Crippen LogP contribution in [0.15, 0.2) is 78.0 Å². The first-order chi connectivity index (χ1) is 16.6. The fourth-order valence-electron chi connectivity index (χ4n) is 5.12. The van der Waals surface area contributed by atoms with Gasteiger partial charge in [-0.05, 0) is 59.9 Å². The van der Waals surface area contributed by atoms with Gasteiger partial charge in [0.15, 0.2) is 17.3 Å². The molecule has 2 aliphatic heterocycles. The highest BCUT2D eigenvalue weighted by Gasteiger charge is 2.36. The van der Waals surface area contributed by atoms with E-state index in [0.29, 0.717) is 12.2 Å². The van der Waals surface area contributed by atoms with Crippen molar-refractivity contribution < 1.29 is 14.3 Å². The van der Waals surface area contributed by atoms with Crippen LogP contribution in [0.4, 0.5) is 17.1 Å². The Bertz CT molecular complexity index is 1300. The third-order valence-corrected chi connectivity index (χ3v) is 6.92. The van der Waals surface area contributed by atoms with Gasteiger partial charge in [0.05, 0.1) is 17.4 Å². The lowest BCUT2D eigenvalue weighted by Gasteiger charge is -2.30. The lowest BCUT2D eigenvalue weighted by atomic mass is 9.78. The molecule has 0 amide bonds. The summed E-state index contributed by atoms with van der Waals surface area (Å²) in [7, 11) is 4.07. The molecule has 6 heteroatoms. The summed E-state index contributed by atoms with van der Waals surface area (Å²) in [6, 6.07) is 22.3. The number of hydrogen-bond acceptors (Lipinski definition) is 6. The summed E-state index contributed by atoms with van der Waals surface area (Å²) in [4.78, 5) is 15.8. The van der Waals surface area contributed by atoms with Crippen LogP contribution in [-0.4, -0.2) is 26.7 Å². The molecule has 0 bridgehead atoms. The number of para-hydroxylation sites is 2. The second-order valence-corrected chi connectivity index (χ2v) is 9.27. The molecule has 2 N–H and O–H groups in total. The van der Waals surface area contributed by atoms with Gasteiger partial charge in [-0.2, -0.15) is 0 Å². The van der Waals surface area contributed by atoms with E-state index >= 15 is 0 Å². The van der Waals surface area contributed by atoms with Crippen molar-refractivity contribution in [3.8, 4) is 11.5 Å². The summed E-state index contributed by atoms with van der Waals surface area (Å²) in [5, 5.41) is 7.23. The molecule has 2 heterocycles. The van der Waals surface area contributed by atoms with Gasteiger partial charge < -0.3 is 25.0 Å².